The fourth-order valence-corrected chi connectivity index (χ4v) is 4.02. The monoisotopic (exact) mass is 307 g/mol. The van der Waals surface area contributed by atoms with Crippen LogP contribution in [-0.2, 0) is 9.59 Å². The van der Waals surface area contributed by atoms with Gasteiger partial charge in [0.1, 0.15) is 0 Å². The zero-order valence-electron chi connectivity index (χ0n) is 12.4. The Morgan fingerprint density at radius 1 is 1.43 bits per heavy atom. The summed E-state index contributed by atoms with van der Waals surface area (Å²) in [5, 5.41) is 3.21. The first-order chi connectivity index (χ1) is 10.1. The molecule has 2 aliphatic heterocycles. The molecule has 1 atom stereocenters. The van der Waals surface area contributed by atoms with E-state index >= 15 is 0 Å². The minimum Gasteiger partial charge on any atom is -0.340 e. The van der Waals surface area contributed by atoms with Crippen LogP contribution in [0, 0.1) is 6.92 Å². The van der Waals surface area contributed by atoms with Crippen LogP contribution in [0.3, 0.4) is 0 Å². The maximum atomic E-state index is 12.4. The highest BCUT2D eigenvalue weighted by Crippen LogP contribution is 2.29. The number of amides is 2. The Morgan fingerprint density at radius 3 is 2.95 bits per heavy atom. The molecule has 0 bridgehead atoms. The summed E-state index contributed by atoms with van der Waals surface area (Å²) in [4.78, 5) is 32.2. The molecule has 0 saturated carbocycles. The van der Waals surface area contributed by atoms with E-state index in [9.17, 15) is 9.59 Å². The van der Waals surface area contributed by atoms with Crippen molar-refractivity contribution in [1.29, 1.82) is 0 Å². The number of thiazole rings is 1. The average molecular weight is 307 g/mol. The third-order valence-corrected chi connectivity index (χ3v) is 5.38. The van der Waals surface area contributed by atoms with Crippen molar-refractivity contribution in [3.05, 3.63) is 16.1 Å². The van der Waals surface area contributed by atoms with Gasteiger partial charge in [-0.05, 0) is 26.2 Å². The SMILES string of the molecule is Cc1csc([C@@H]2CCCN(C(=O)CN3CCCC3=O)C2)n1. The number of likely N-dealkylation sites (tertiary alicyclic amines) is 2. The molecule has 2 amide bonds. The molecule has 2 aliphatic rings. The first-order valence-electron chi connectivity index (χ1n) is 7.61. The van der Waals surface area contributed by atoms with Crippen LogP contribution in [0.2, 0.25) is 0 Å². The summed E-state index contributed by atoms with van der Waals surface area (Å²) in [6, 6.07) is 0. The highest BCUT2D eigenvalue weighted by atomic mass is 32.1. The molecule has 1 aromatic rings. The predicted molar refractivity (Wildman–Crippen MR) is 81.2 cm³/mol. The third kappa shape index (κ3) is 3.26. The molecule has 2 saturated heterocycles. The molecule has 3 heterocycles. The van der Waals surface area contributed by atoms with Crippen molar-refractivity contribution < 1.29 is 9.59 Å². The maximum Gasteiger partial charge on any atom is 0.242 e. The Kier molecular flexibility index (Phi) is 4.24. The van der Waals surface area contributed by atoms with Gasteiger partial charge in [-0.25, -0.2) is 4.98 Å². The van der Waals surface area contributed by atoms with Gasteiger partial charge in [0, 0.05) is 43.0 Å². The van der Waals surface area contributed by atoms with E-state index in [1.54, 1.807) is 16.2 Å². The largest absolute Gasteiger partial charge is 0.340 e. The predicted octanol–water partition coefficient (Wildman–Crippen LogP) is 1.78. The van der Waals surface area contributed by atoms with Gasteiger partial charge in [-0.3, -0.25) is 9.59 Å². The molecule has 0 unspecified atom stereocenters. The number of rotatable bonds is 3. The number of carbonyl (C=O) groups excluding carboxylic acids is 2. The van der Waals surface area contributed by atoms with Gasteiger partial charge < -0.3 is 9.80 Å². The number of carbonyl (C=O) groups is 2. The first kappa shape index (κ1) is 14.5. The second-order valence-corrected chi connectivity index (χ2v) is 6.81. The molecule has 0 radical (unpaired) electrons. The fraction of sp³-hybridized carbons (Fsp3) is 0.667. The maximum absolute atomic E-state index is 12.4. The second kappa shape index (κ2) is 6.13. The molecular weight excluding hydrogens is 286 g/mol. The van der Waals surface area contributed by atoms with Crippen molar-refractivity contribution >= 4 is 23.2 Å². The van der Waals surface area contributed by atoms with Gasteiger partial charge in [-0.1, -0.05) is 0 Å². The van der Waals surface area contributed by atoms with Crippen LogP contribution in [0.5, 0.6) is 0 Å². The molecular formula is C15H21N3O2S. The summed E-state index contributed by atoms with van der Waals surface area (Å²) < 4.78 is 0. The van der Waals surface area contributed by atoms with Crippen molar-refractivity contribution in [2.24, 2.45) is 0 Å². The van der Waals surface area contributed by atoms with Gasteiger partial charge in [0.15, 0.2) is 0 Å². The van der Waals surface area contributed by atoms with Gasteiger partial charge in [0.25, 0.3) is 0 Å². The Morgan fingerprint density at radius 2 is 2.29 bits per heavy atom. The van der Waals surface area contributed by atoms with Gasteiger partial charge in [0.2, 0.25) is 11.8 Å². The number of aryl methyl sites for hydroxylation is 1. The molecule has 0 spiro atoms. The smallest absolute Gasteiger partial charge is 0.242 e. The lowest BCUT2D eigenvalue weighted by molar-refractivity contribution is -0.139. The van der Waals surface area contributed by atoms with E-state index in [-0.39, 0.29) is 18.4 Å². The van der Waals surface area contributed by atoms with Crippen LogP contribution < -0.4 is 0 Å². The van der Waals surface area contributed by atoms with E-state index < -0.39 is 0 Å². The van der Waals surface area contributed by atoms with Crippen molar-refractivity contribution in [3.8, 4) is 0 Å². The highest BCUT2D eigenvalue weighted by molar-refractivity contribution is 7.09. The van der Waals surface area contributed by atoms with E-state index in [0.717, 1.165) is 49.6 Å². The van der Waals surface area contributed by atoms with Crippen LogP contribution >= 0.6 is 11.3 Å². The van der Waals surface area contributed by atoms with Crippen LogP contribution in [0.4, 0.5) is 0 Å². The van der Waals surface area contributed by atoms with Gasteiger partial charge in [-0.15, -0.1) is 11.3 Å². The van der Waals surface area contributed by atoms with E-state index in [0.29, 0.717) is 12.3 Å². The van der Waals surface area contributed by atoms with Crippen LogP contribution in [0.1, 0.15) is 42.3 Å². The zero-order chi connectivity index (χ0) is 14.8. The summed E-state index contributed by atoms with van der Waals surface area (Å²) in [5.41, 5.74) is 1.06. The molecule has 21 heavy (non-hydrogen) atoms. The Hall–Kier alpha value is -1.43. The van der Waals surface area contributed by atoms with Crippen molar-refractivity contribution in [1.82, 2.24) is 14.8 Å². The van der Waals surface area contributed by atoms with Crippen molar-refractivity contribution in [3.63, 3.8) is 0 Å². The topological polar surface area (TPSA) is 53.5 Å². The van der Waals surface area contributed by atoms with Gasteiger partial charge in [0.05, 0.1) is 11.6 Å². The van der Waals surface area contributed by atoms with Crippen molar-refractivity contribution in [2.45, 2.75) is 38.5 Å². The number of aromatic nitrogens is 1. The van der Waals surface area contributed by atoms with E-state index in [1.807, 2.05) is 11.8 Å². The summed E-state index contributed by atoms with van der Waals surface area (Å²) in [6.07, 6.45) is 3.59. The van der Waals surface area contributed by atoms with Crippen LogP contribution in [-0.4, -0.2) is 52.8 Å². The van der Waals surface area contributed by atoms with Crippen LogP contribution in [0.15, 0.2) is 5.38 Å². The summed E-state index contributed by atoms with van der Waals surface area (Å²) in [6.45, 7) is 4.54. The first-order valence-corrected chi connectivity index (χ1v) is 8.49. The molecule has 0 aliphatic carbocycles. The molecule has 0 N–H and O–H groups in total. The number of hydrogen-bond donors (Lipinski definition) is 0. The molecule has 5 nitrogen and oxygen atoms in total. The van der Waals surface area contributed by atoms with E-state index in [1.165, 1.54) is 0 Å². The minimum atomic E-state index is 0.0863. The normalized spacial score (nSPS) is 22.9. The molecule has 3 rings (SSSR count). The number of nitrogens with zero attached hydrogens (tertiary/aromatic N) is 3. The molecule has 1 aromatic heterocycles. The molecule has 2 fully saturated rings. The lowest BCUT2D eigenvalue weighted by atomic mass is 9.98. The average Bonchev–Trinajstić information content (AvgIpc) is 3.08. The molecule has 6 heteroatoms. The minimum absolute atomic E-state index is 0.0863. The molecule has 0 aromatic carbocycles. The lowest BCUT2D eigenvalue weighted by Crippen LogP contribution is -2.44. The fourth-order valence-electron chi connectivity index (χ4n) is 3.10. The summed E-state index contributed by atoms with van der Waals surface area (Å²) >= 11 is 1.69. The summed E-state index contributed by atoms with van der Waals surface area (Å²) in [5.74, 6) is 0.561. The van der Waals surface area contributed by atoms with Gasteiger partial charge >= 0.3 is 0 Å². The Bertz CT molecular complexity index is 543. The third-order valence-electron chi connectivity index (χ3n) is 4.26. The van der Waals surface area contributed by atoms with E-state index in [2.05, 4.69) is 10.4 Å². The van der Waals surface area contributed by atoms with E-state index in [4.69, 9.17) is 0 Å². The van der Waals surface area contributed by atoms with Crippen LogP contribution in [0.25, 0.3) is 0 Å². The lowest BCUT2D eigenvalue weighted by Gasteiger charge is -2.33. The molecule has 114 valence electrons. The quantitative estimate of drug-likeness (QED) is 0.855. The highest BCUT2D eigenvalue weighted by Gasteiger charge is 2.29. The van der Waals surface area contributed by atoms with Crippen molar-refractivity contribution in [2.75, 3.05) is 26.2 Å². The summed E-state index contributed by atoms with van der Waals surface area (Å²) in [7, 11) is 0. The number of hydrogen-bond acceptors (Lipinski definition) is 4. The standard InChI is InChI=1S/C15H21N3O2S/c1-11-10-21-15(16-11)12-4-2-6-17(8-12)14(20)9-18-7-3-5-13(18)19/h10,12H,2-9H2,1H3/t12-/m1/s1. The zero-order valence-corrected chi connectivity index (χ0v) is 13.2. The Balaban J connectivity index is 1.60. The second-order valence-electron chi connectivity index (χ2n) is 5.92. The Labute approximate surface area is 129 Å². The van der Waals surface area contributed by atoms with Gasteiger partial charge in [-0.2, -0.15) is 0 Å². The number of piperidine rings is 1.